The summed E-state index contributed by atoms with van der Waals surface area (Å²) < 4.78 is 0. The molecule has 1 aromatic carbocycles. The summed E-state index contributed by atoms with van der Waals surface area (Å²) in [6.07, 6.45) is 1.91. The van der Waals surface area contributed by atoms with Gasteiger partial charge >= 0.3 is 0 Å². The molecule has 1 aliphatic carbocycles. The van der Waals surface area contributed by atoms with E-state index >= 15 is 0 Å². The Kier molecular flexibility index (Phi) is 3.42. The van der Waals surface area contributed by atoms with Crippen molar-refractivity contribution in [3.63, 3.8) is 0 Å². The van der Waals surface area contributed by atoms with Gasteiger partial charge in [-0.15, -0.1) is 0 Å². The van der Waals surface area contributed by atoms with Crippen LogP contribution in [0.3, 0.4) is 0 Å². The Bertz CT molecular complexity index is 524. The van der Waals surface area contributed by atoms with Gasteiger partial charge in [-0.05, 0) is 38.8 Å². The van der Waals surface area contributed by atoms with Crippen LogP contribution in [0, 0.1) is 10.1 Å². The maximum absolute atomic E-state index is 12.0. The van der Waals surface area contributed by atoms with Crippen LogP contribution in [-0.2, 0) is 0 Å². The predicted molar refractivity (Wildman–Crippen MR) is 72.4 cm³/mol. The van der Waals surface area contributed by atoms with Crippen LogP contribution in [0.2, 0.25) is 0 Å². The average molecular weight is 263 g/mol. The average Bonchev–Trinajstić information content (AvgIpc) is 3.07. The summed E-state index contributed by atoms with van der Waals surface area (Å²) in [5.41, 5.74) is 0.547. The Hall–Kier alpha value is -2.11. The van der Waals surface area contributed by atoms with Crippen molar-refractivity contribution < 1.29 is 9.72 Å². The molecule has 2 rings (SSSR count). The quantitative estimate of drug-likeness (QED) is 0.630. The Balaban J connectivity index is 2.24. The lowest BCUT2D eigenvalue weighted by Gasteiger charge is -2.12. The molecule has 0 spiro atoms. The Labute approximate surface area is 111 Å². The lowest BCUT2D eigenvalue weighted by Crippen LogP contribution is -2.34. The summed E-state index contributed by atoms with van der Waals surface area (Å²) >= 11 is 0. The fourth-order valence-corrected chi connectivity index (χ4v) is 1.82. The first-order valence-electron chi connectivity index (χ1n) is 6.30. The van der Waals surface area contributed by atoms with E-state index in [1.165, 1.54) is 6.07 Å². The molecule has 102 valence electrons. The summed E-state index contributed by atoms with van der Waals surface area (Å²) in [4.78, 5) is 22.5. The van der Waals surface area contributed by atoms with Gasteiger partial charge < -0.3 is 10.6 Å². The third-order valence-corrected chi connectivity index (χ3v) is 3.24. The lowest BCUT2D eigenvalue weighted by molar-refractivity contribution is -0.384. The van der Waals surface area contributed by atoms with Crippen molar-refractivity contribution in [3.8, 4) is 0 Å². The van der Waals surface area contributed by atoms with Gasteiger partial charge in [0.25, 0.3) is 11.6 Å². The number of carbonyl (C=O) groups excluding carboxylic acids is 1. The van der Waals surface area contributed by atoms with Crippen LogP contribution in [0.5, 0.6) is 0 Å². The maximum Gasteiger partial charge on any atom is 0.293 e. The van der Waals surface area contributed by atoms with Crippen LogP contribution in [0.4, 0.5) is 11.4 Å². The minimum Gasteiger partial charge on any atom is -0.380 e. The van der Waals surface area contributed by atoms with E-state index in [9.17, 15) is 14.9 Å². The summed E-state index contributed by atoms with van der Waals surface area (Å²) in [7, 11) is 0. The molecule has 0 aliphatic heterocycles. The van der Waals surface area contributed by atoms with Crippen LogP contribution in [0.25, 0.3) is 0 Å². The van der Waals surface area contributed by atoms with E-state index in [-0.39, 0.29) is 17.1 Å². The number of hydrogen-bond donors (Lipinski definition) is 2. The molecule has 1 aromatic rings. The van der Waals surface area contributed by atoms with Gasteiger partial charge in [-0.1, -0.05) is 0 Å². The van der Waals surface area contributed by atoms with Gasteiger partial charge in [0, 0.05) is 23.7 Å². The second-order valence-electron chi connectivity index (χ2n) is 5.03. The first-order valence-corrected chi connectivity index (χ1v) is 6.30. The number of anilines is 1. The van der Waals surface area contributed by atoms with Gasteiger partial charge in [-0.25, -0.2) is 0 Å². The van der Waals surface area contributed by atoms with Gasteiger partial charge in [0.05, 0.1) is 4.92 Å². The molecule has 2 N–H and O–H groups in total. The molecule has 0 unspecified atom stereocenters. The third-order valence-electron chi connectivity index (χ3n) is 3.24. The fraction of sp³-hybridized carbons (Fsp3) is 0.462. The molecule has 0 aromatic heterocycles. The van der Waals surface area contributed by atoms with Gasteiger partial charge in [0.15, 0.2) is 0 Å². The standard InChI is InChI=1S/C13H17N3O3/c1-3-14-10-5-4-9(8-11(10)16(18)19)12(17)15-13(2)6-7-13/h4-5,8,14H,3,6-7H2,1-2H3,(H,15,17). The Morgan fingerprint density at radius 2 is 2.16 bits per heavy atom. The van der Waals surface area contributed by atoms with E-state index in [0.29, 0.717) is 17.8 Å². The topological polar surface area (TPSA) is 84.3 Å². The van der Waals surface area contributed by atoms with Crippen molar-refractivity contribution >= 4 is 17.3 Å². The first kappa shape index (κ1) is 13.3. The van der Waals surface area contributed by atoms with E-state index in [1.807, 2.05) is 13.8 Å². The highest BCUT2D eigenvalue weighted by atomic mass is 16.6. The number of nitro groups is 1. The SMILES string of the molecule is CCNc1ccc(C(=O)NC2(C)CC2)cc1[N+](=O)[O-]. The summed E-state index contributed by atoms with van der Waals surface area (Å²) in [5, 5.41) is 16.8. The Morgan fingerprint density at radius 3 is 2.68 bits per heavy atom. The van der Waals surface area contributed by atoms with Crippen LogP contribution >= 0.6 is 0 Å². The maximum atomic E-state index is 12.0. The molecule has 0 bridgehead atoms. The van der Waals surface area contributed by atoms with E-state index in [4.69, 9.17) is 0 Å². The zero-order valence-corrected chi connectivity index (χ0v) is 11.0. The third kappa shape index (κ3) is 3.01. The van der Waals surface area contributed by atoms with Crippen LogP contribution in [-0.4, -0.2) is 22.9 Å². The molecule has 19 heavy (non-hydrogen) atoms. The molecule has 0 saturated heterocycles. The number of nitrogens with one attached hydrogen (secondary N) is 2. The van der Waals surface area contributed by atoms with E-state index < -0.39 is 4.92 Å². The number of nitrogens with zero attached hydrogens (tertiary/aromatic N) is 1. The number of carbonyl (C=O) groups is 1. The zero-order valence-electron chi connectivity index (χ0n) is 11.0. The Morgan fingerprint density at radius 1 is 1.47 bits per heavy atom. The molecule has 1 saturated carbocycles. The normalized spacial score (nSPS) is 15.7. The molecule has 0 heterocycles. The number of nitro benzene ring substituents is 1. The minimum absolute atomic E-state index is 0.0737. The molecule has 1 fully saturated rings. The van der Waals surface area contributed by atoms with Crippen molar-refractivity contribution in [2.75, 3.05) is 11.9 Å². The highest BCUT2D eigenvalue weighted by molar-refractivity contribution is 5.96. The smallest absolute Gasteiger partial charge is 0.293 e. The van der Waals surface area contributed by atoms with E-state index in [1.54, 1.807) is 12.1 Å². The lowest BCUT2D eigenvalue weighted by atomic mass is 10.1. The molecule has 0 radical (unpaired) electrons. The van der Waals surface area contributed by atoms with Gasteiger partial charge in [0.2, 0.25) is 0 Å². The van der Waals surface area contributed by atoms with Crippen LogP contribution < -0.4 is 10.6 Å². The van der Waals surface area contributed by atoms with Crippen molar-refractivity contribution in [1.29, 1.82) is 0 Å². The monoisotopic (exact) mass is 263 g/mol. The van der Waals surface area contributed by atoms with Crippen molar-refractivity contribution in [2.24, 2.45) is 0 Å². The van der Waals surface area contributed by atoms with Crippen LogP contribution in [0.1, 0.15) is 37.0 Å². The van der Waals surface area contributed by atoms with Gasteiger partial charge in [-0.2, -0.15) is 0 Å². The van der Waals surface area contributed by atoms with Crippen molar-refractivity contribution in [1.82, 2.24) is 5.32 Å². The number of rotatable bonds is 5. The highest BCUT2D eigenvalue weighted by Crippen LogP contribution is 2.35. The molecule has 6 heteroatoms. The summed E-state index contributed by atoms with van der Waals surface area (Å²) in [6, 6.07) is 4.50. The number of amides is 1. The summed E-state index contributed by atoms with van der Waals surface area (Å²) in [5.74, 6) is -0.258. The second kappa shape index (κ2) is 4.87. The minimum atomic E-state index is -0.479. The molecular formula is C13H17N3O3. The summed E-state index contributed by atoms with van der Waals surface area (Å²) in [6.45, 7) is 4.41. The molecule has 6 nitrogen and oxygen atoms in total. The first-order chi connectivity index (χ1) is 8.95. The predicted octanol–water partition coefficient (Wildman–Crippen LogP) is 2.31. The number of benzene rings is 1. The van der Waals surface area contributed by atoms with Gasteiger partial charge in [0.1, 0.15) is 5.69 Å². The zero-order chi connectivity index (χ0) is 14.0. The largest absolute Gasteiger partial charge is 0.380 e. The van der Waals surface area contributed by atoms with Gasteiger partial charge in [-0.3, -0.25) is 14.9 Å². The molecular weight excluding hydrogens is 246 g/mol. The van der Waals surface area contributed by atoms with E-state index in [2.05, 4.69) is 10.6 Å². The highest BCUT2D eigenvalue weighted by Gasteiger charge is 2.39. The fourth-order valence-electron chi connectivity index (χ4n) is 1.82. The molecule has 1 amide bonds. The van der Waals surface area contributed by atoms with Crippen LogP contribution in [0.15, 0.2) is 18.2 Å². The molecule has 0 atom stereocenters. The number of hydrogen-bond acceptors (Lipinski definition) is 4. The van der Waals surface area contributed by atoms with Crippen molar-refractivity contribution in [2.45, 2.75) is 32.2 Å². The second-order valence-corrected chi connectivity index (χ2v) is 5.03. The van der Waals surface area contributed by atoms with E-state index in [0.717, 1.165) is 12.8 Å². The van der Waals surface area contributed by atoms with Crippen molar-refractivity contribution in [3.05, 3.63) is 33.9 Å². The molecule has 1 aliphatic rings.